The third kappa shape index (κ3) is 3.04. The maximum Gasteiger partial charge on any atom is 0.253 e. The van der Waals surface area contributed by atoms with Gasteiger partial charge in [-0.05, 0) is 43.5 Å². The number of pyridine rings is 1. The molecule has 0 atom stereocenters. The molecule has 2 aromatic carbocycles. The van der Waals surface area contributed by atoms with Crippen LogP contribution in [0.2, 0.25) is 0 Å². The molecule has 1 aliphatic rings. The largest absolute Gasteiger partial charge is 0.497 e. The Kier molecular flexibility index (Phi) is 4.71. The number of aromatic amines is 1. The predicted molar refractivity (Wildman–Crippen MR) is 125 cm³/mol. The number of ether oxygens (including phenoxy) is 1. The van der Waals surface area contributed by atoms with Crippen LogP contribution in [0.3, 0.4) is 0 Å². The first kappa shape index (κ1) is 19.9. The number of anilines is 2. The van der Waals surface area contributed by atoms with Crippen molar-refractivity contribution in [3.63, 3.8) is 0 Å². The second-order valence-electron chi connectivity index (χ2n) is 8.15. The van der Waals surface area contributed by atoms with Crippen molar-refractivity contribution in [1.82, 2.24) is 14.8 Å². The monoisotopic (exact) mass is 425 g/mol. The fraction of sp³-hybridized carbons (Fsp3) is 0.240. The maximum atomic E-state index is 12.6. The molecule has 0 aliphatic carbocycles. The number of aryl methyl sites for hydroxylation is 3. The van der Waals surface area contributed by atoms with E-state index in [9.17, 15) is 10.1 Å². The van der Waals surface area contributed by atoms with Gasteiger partial charge in [0.15, 0.2) is 0 Å². The molecule has 0 radical (unpaired) electrons. The summed E-state index contributed by atoms with van der Waals surface area (Å²) in [4.78, 5) is 14.8. The molecule has 7 heteroatoms. The number of fused-ring (bicyclic) bond motifs is 2. The molecular formula is C25H23N5O2. The summed E-state index contributed by atoms with van der Waals surface area (Å²) in [5.74, 6) is 0.689. The number of methoxy groups -OCH3 is 1. The highest BCUT2D eigenvalue weighted by Gasteiger charge is 2.24. The lowest BCUT2D eigenvalue weighted by Gasteiger charge is -2.33. The molecule has 160 valence electrons. The second kappa shape index (κ2) is 7.57. The van der Waals surface area contributed by atoms with Crippen LogP contribution in [-0.4, -0.2) is 28.4 Å². The molecular weight excluding hydrogens is 402 g/mol. The predicted octanol–water partition coefficient (Wildman–Crippen LogP) is 4.20. The van der Waals surface area contributed by atoms with E-state index in [1.807, 2.05) is 37.4 Å². The Balaban J connectivity index is 1.76. The van der Waals surface area contributed by atoms with Gasteiger partial charge in [0, 0.05) is 59.7 Å². The third-order valence-corrected chi connectivity index (χ3v) is 6.27. The minimum atomic E-state index is -0.0210. The van der Waals surface area contributed by atoms with Gasteiger partial charge in [-0.2, -0.15) is 10.4 Å². The number of benzene rings is 2. The summed E-state index contributed by atoms with van der Waals surface area (Å²) < 4.78 is 7.25. The Bertz CT molecular complexity index is 1440. The van der Waals surface area contributed by atoms with E-state index in [1.54, 1.807) is 24.9 Å². The Labute approximate surface area is 185 Å². The molecule has 0 unspecified atom stereocenters. The normalized spacial score (nSPS) is 13.1. The number of nitrogens with zero attached hydrogens (tertiary/aromatic N) is 4. The van der Waals surface area contributed by atoms with Crippen molar-refractivity contribution < 1.29 is 4.74 Å². The van der Waals surface area contributed by atoms with Crippen molar-refractivity contribution in [3.8, 4) is 22.9 Å². The van der Waals surface area contributed by atoms with Gasteiger partial charge >= 0.3 is 0 Å². The van der Waals surface area contributed by atoms with Crippen LogP contribution >= 0.6 is 0 Å². The number of rotatable bonds is 3. The van der Waals surface area contributed by atoms with Crippen molar-refractivity contribution in [3.05, 3.63) is 69.8 Å². The summed E-state index contributed by atoms with van der Waals surface area (Å²) in [6.07, 6.45) is 5.46. The highest BCUT2D eigenvalue weighted by Crippen LogP contribution is 2.41. The van der Waals surface area contributed by atoms with E-state index in [0.29, 0.717) is 16.9 Å². The second-order valence-corrected chi connectivity index (χ2v) is 8.15. The fourth-order valence-corrected chi connectivity index (χ4v) is 4.63. The van der Waals surface area contributed by atoms with E-state index in [0.717, 1.165) is 52.8 Å². The molecule has 32 heavy (non-hydrogen) atoms. The molecule has 0 amide bonds. The zero-order chi connectivity index (χ0) is 22.4. The van der Waals surface area contributed by atoms with E-state index in [4.69, 9.17) is 4.74 Å². The number of hydrogen-bond donors (Lipinski definition) is 1. The van der Waals surface area contributed by atoms with Gasteiger partial charge in [0.2, 0.25) is 0 Å². The summed E-state index contributed by atoms with van der Waals surface area (Å²) in [5.41, 5.74) is 7.05. The van der Waals surface area contributed by atoms with Crippen LogP contribution in [0.15, 0.2) is 47.5 Å². The minimum Gasteiger partial charge on any atom is -0.497 e. The Morgan fingerprint density at radius 2 is 2.03 bits per heavy atom. The minimum absolute atomic E-state index is 0.0210. The molecule has 1 aliphatic heterocycles. The van der Waals surface area contributed by atoms with Gasteiger partial charge in [0.25, 0.3) is 5.56 Å². The zero-order valence-electron chi connectivity index (χ0n) is 18.3. The standard InChI is InChI=1S/C25H23N5O2/c1-15-7-21-23(29(2)25(15)31)10-19(32-3)11-24(21)30-6-4-5-16-8-20(18-13-27-28-14-18)17(12-26)9-22(16)30/h7-11,13-14H,4-6H2,1-3H3,(H,27,28). The van der Waals surface area contributed by atoms with Crippen molar-refractivity contribution >= 4 is 22.3 Å². The van der Waals surface area contributed by atoms with E-state index >= 15 is 0 Å². The number of nitrogens with one attached hydrogen (secondary N) is 1. The molecule has 0 saturated heterocycles. The lowest BCUT2D eigenvalue weighted by atomic mass is 9.93. The molecule has 5 rings (SSSR count). The van der Waals surface area contributed by atoms with Crippen molar-refractivity contribution in [2.24, 2.45) is 7.05 Å². The summed E-state index contributed by atoms with van der Waals surface area (Å²) in [7, 11) is 3.42. The smallest absolute Gasteiger partial charge is 0.253 e. The van der Waals surface area contributed by atoms with Gasteiger partial charge < -0.3 is 14.2 Å². The number of nitriles is 1. The number of aromatic nitrogens is 3. The van der Waals surface area contributed by atoms with Crippen LogP contribution in [0.5, 0.6) is 5.75 Å². The number of H-pyrrole nitrogens is 1. The highest BCUT2D eigenvalue weighted by molar-refractivity contribution is 5.97. The molecule has 1 N–H and O–H groups in total. The Morgan fingerprint density at radius 3 is 2.75 bits per heavy atom. The molecule has 0 saturated carbocycles. The molecule has 0 bridgehead atoms. The summed E-state index contributed by atoms with van der Waals surface area (Å²) >= 11 is 0. The highest BCUT2D eigenvalue weighted by atomic mass is 16.5. The van der Waals surface area contributed by atoms with Gasteiger partial charge in [-0.15, -0.1) is 0 Å². The maximum absolute atomic E-state index is 12.6. The molecule has 4 aromatic rings. The average molecular weight is 425 g/mol. The van der Waals surface area contributed by atoms with E-state index < -0.39 is 0 Å². The van der Waals surface area contributed by atoms with Gasteiger partial charge in [0.1, 0.15) is 5.75 Å². The van der Waals surface area contributed by atoms with Crippen molar-refractivity contribution in [2.75, 3.05) is 18.6 Å². The van der Waals surface area contributed by atoms with Crippen LogP contribution in [0.4, 0.5) is 11.4 Å². The van der Waals surface area contributed by atoms with E-state index in [2.05, 4.69) is 27.2 Å². The van der Waals surface area contributed by atoms with Gasteiger partial charge in [0.05, 0.1) is 36.1 Å². The SMILES string of the molecule is COc1cc(N2CCCc3cc(-c4cn[nH]c4)c(C#N)cc32)c2cc(C)c(=O)n(C)c2c1. The first-order valence-corrected chi connectivity index (χ1v) is 10.5. The van der Waals surface area contributed by atoms with E-state index in [-0.39, 0.29) is 5.56 Å². The first-order chi connectivity index (χ1) is 15.5. The van der Waals surface area contributed by atoms with Gasteiger partial charge in [-0.1, -0.05) is 0 Å². The van der Waals surface area contributed by atoms with Crippen LogP contribution in [-0.2, 0) is 13.5 Å². The van der Waals surface area contributed by atoms with Crippen LogP contribution < -0.4 is 15.2 Å². The van der Waals surface area contributed by atoms with Crippen LogP contribution in [0, 0.1) is 18.3 Å². The van der Waals surface area contributed by atoms with Gasteiger partial charge in [-0.25, -0.2) is 0 Å². The lowest BCUT2D eigenvalue weighted by molar-refractivity contribution is 0.415. The zero-order valence-corrected chi connectivity index (χ0v) is 18.3. The fourth-order valence-electron chi connectivity index (χ4n) is 4.63. The summed E-state index contributed by atoms with van der Waals surface area (Å²) in [5, 5.41) is 17.7. The summed E-state index contributed by atoms with van der Waals surface area (Å²) in [6, 6.07) is 12.3. The Morgan fingerprint density at radius 1 is 1.19 bits per heavy atom. The molecule has 2 aromatic heterocycles. The molecule has 7 nitrogen and oxygen atoms in total. The first-order valence-electron chi connectivity index (χ1n) is 10.5. The number of hydrogen-bond acceptors (Lipinski definition) is 5. The van der Waals surface area contributed by atoms with Gasteiger partial charge in [-0.3, -0.25) is 9.89 Å². The van der Waals surface area contributed by atoms with Crippen molar-refractivity contribution in [2.45, 2.75) is 19.8 Å². The topological polar surface area (TPSA) is 86.9 Å². The Hall–Kier alpha value is -4.05. The van der Waals surface area contributed by atoms with Crippen molar-refractivity contribution in [1.29, 1.82) is 5.26 Å². The molecule has 0 fully saturated rings. The quantitative estimate of drug-likeness (QED) is 0.532. The van der Waals surface area contributed by atoms with Crippen LogP contribution in [0.1, 0.15) is 23.1 Å². The third-order valence-electron chi connectivity index (χ3n) is 6.27. The molecule has 3 heterocycles. The van der Waals surface area contributed by atoms with E-state index in [1.165, 1.54) is 5.56 Å². The van der Waals surface area contributed by atoms with Crippen LogP contribution in [0.25, 0.3) is 22.0 Å². The summed E-state index contributed by atoms with van der Waals surface area (Å²) in [6.45, 7) is 2.65. The molecule has 0 spiro atoms. The average Bonchev–Trinajstić information content (AvgIpc) is 3.36. The lowest BCUT2D eigenvalue weighted by Crippen LogP contribution is -2.26.